The van der Waals surface area contributed by atoms with Crippen LogP contribution in [-0.2, 0) is 0 Å². The Bertz CT molecular complexity index is 573. The van der Waals surface area contributed by atoms with Gasteiger partial charge in [-0.25, -0.2) is 0 Å². The van der Waals surface area contributed by atoms with Gasteiger partial charge in [0, 0.05) is 0 Å². The van der Waals surface area contributed by atoms with E-state index in [-0.39, 0.29) is 5.41 Å². The lowest BCUT2D eigenvalue weighted by atomic mass is 9.68. The summed E-state index contributed by atoms with van der Waals surface area (Å²) in [6, 6.07) is 15.5. The predicted octanol–water partition coefficient (Wildman–Crippen LogP) is 7.43. The summed E-state index contributed by atoms with van der Waals surface area (Å²) in [4.78, 5) is 0. The summed E-state index contributed by atoms with van der Waals surface area (Å²) in [7, 11) is 0. The zero-order chi connectivity index (χ0) is 17.0. The lowest BCUT2D eigenvalue weighted by molar-refractivity contribution is 0.230. The Morgan fingerprint density at radius 2 is 1.32 bits per heavy atom. The molecule has 0 nitrogen and oxygen atoms in total. The third-order valence-electron chi connectivity index (χ3n) is 4.06. The molecule has 22 heavy (non-hydrogen) atoms. The average Bonchev–Trinajstić information content (AvgIpc) is 2.44. The van der Waals surface area contributed by atoms with Gasteiger partial charge in [0.25, 0.3) is 0 Å². The normalized spacial score (nSPS) is 13.5. The molecule has 0 fully saturated rings. The van der Waals surface area contributed by atoms with E-state index in [2.05, 4.69) is 84.0 Å². The molecule has 0 spiro atoms. The Kier molecular flexibility index (Phi) is 6.23. The molecule has 0 heteroatoms. The fraction of sp³-hybridized carbons (Fsp3) is 0.545. The Morgan fingerprint density at radius 1 is 0.773 bits per heavy atom. The second-order valence-electron chi connectivity index (χ2n) is 8.25. The molecule has 0 aliphatic carbocycles. The predicted molar refractivity (Wildman–Crippen MR) is 102 cm³/mol. The lowest BCUT2D eigenvalue weighted by Gasteiger charge is -2.36. The highest BCUT2D eigenvalue weighted by Crippen LogP contribution is 2.44. The van der Waals surface area contributed by atoms with E-state index in [0.29, 0.717) is 11.3 Å². The molecule has 0 amide bonds. The third-order valence-corrected chi connectivity index (χ3v) is 4.06. The van der Waals surface area contributed by atoms with Crippen molar-refractivity contribution in [2.75, 3.05) is 0 Å². The molecule has 2 rings (SSSR count). The number of fused-ring (bicyclic) bond motifs is 1. The van der Waals surface area contributed by atoms with Crippen LogP contribution >= 0.6 is 0 Å². The molecule has 2 aromatic carbocycles. The van der Waals surface area contributed by atoms with Gasteiger partial charge in [0.2, 0.25) is 0 Å². The molecule has 1 atom stereocenters. The van der Waals surface area contributed by atoms with E-state index in [1.165, 1.54) is 22.8 Å². The Labute approximate surface area is 137 Å². The number of hydrogen-bond acceptors (Lipinski definition) is 0. The molecule has 0 aromatic heterocycles. The van der Waals surface area contributed by atoms with Crippen LogP contribution in [0.15, 0.2) is 42.5 Å². The second-order valence-corrected chi connectivity index (χ2v) is 8.25. The minimum Gasteiger partial charge on any atom is -0.0683 e. The van der Waals surface area contributed by atoms with Crippen LogP contribution < -0.4 is 0 Å². The van der Waals surface area contributed by atoms with E-state index in [0.717, 1.165) is 0 Å². The Balaban J connectivity index is 0.00000116. The summed E-state index contributed by atoms with van der Waals surface area (Å²) in [6.45, 7) is 18.1. The van der Waals surface area contributed by atoms with Crippen molar-refractivity contribution in [2.24, 2.45) is 10.8 Å². The first-order chi connectivity index (χ1) is 10.2. The first kappa shape index (κ1) is 18.7. The van der Waals surface area contributed by atoms with Crippen molar-refractivity contribution in [1.82, 2.24) is 0 Å². The molecule has 0 bridgehead atoms. The van der Waals surface area contributed by atoms with Gasteiger partial charge < -0.3 is 0 Å². The van der Waals surface area contributed by atoms with E-state index in [1.54, 1.807) is 0 Å². The Morgan fingerprint density at radius 3 is 1.86 bits per heavy atom. The van der Waals surface area contributed by atoms with E-state index >= 15 is 0 Å². The van der Waals surface area contributed by atoms with Crippen molar-refractivity contribution in [3.63, 3.8) is 0 Å². The first-order valence-electron chi connectivity index (χ1n) is 8.66. The van der Waals surface area contributed by atoms with E-state index < -0.39 is 0 Å². The lowest BCUT2D eigenvalue weighted by Crippen LogP contribution is -2.24. The number of rotatable bonds is 2. The summed E-state index contributed by atoms with van der Waals surface area (Å²) in [6.07, 6.45) is 1.21. The summed E-state index contributed by atoms with van der Waals surface area (Å²) in [5.41, 5.74) is 2.12. The molecule has 0 heterocycles. The Hall–Kier alpha value is -1.30. The van der Waals surface area contributed by atoms with Crippen LogP contribution in [0.1, 0.15) is 73.3 Å². The fourth-order valence-corrected chi connectivity index (χ4v) is 3.05. The van der Waals surface area contributed by atoms with Gasteiger partial charge in [-0.05, 0) is 39.5 Å². The van der Waals surface area contributed by atoms with Gasteiger partial charge in [-0.3, -0.25) is 0 Å². The molecule has 0 N–H and O–H groups in total. The number of benzene rings is 2. The highest BCUT2D eigenvalue weighted by Gasteiger charge is 2.31. The minimum atomic E-state index is 0.275. The molecule has 0 saturated heterocycles. The summed E-state index contributed by atoms with van der Waals surface area (Å²) < 4.78 is 0. The first-order valence-corrected chi connectivity index (χ1v) is 8.66. The highest BCUT2D eigenvalue weighted by molar-refractivity contribution is 5.86. The van der Waals surface area contributed by atoms with Gasteiger partial charge in [0.1, 0.15) is 0 Å². The van der Waals surface area contributed by atoms with E-state index in [9.17, 15) is 0 Å². The van der Waals surface area contributed by atoms with Gasteiger partial charge in [0.05, 0.1) is 0 Å². The molecule has 122 valence electrons. The molecule has 0 aliphatic heterocycles. The van der Waals surface area contributed by atoms with Crippen molar-refractivity contribution in [3.8, 4) is 0 Å². The van der Waals surface area contributed by atoms with Crippen molar-refractivity contribution >= 4 is 10.8 Å². The van der Waals surface area contributed by atoms with E-state index in [1.807, 2.05) is 13.8 Å². The molecular weight excluding hydrogens is 264 g/mol. The summed E-state index contributed by atoms with van der Waals surface area (Å²) in [5.74, 6) is 0.577. The van der Waals surface area contributed by atoms with Crippen molar-refractivity contribution in [1.29, 1.82) is 0 Å². The van der Waals surface area contributed by atoms with Gasteiger partial charge in [-0.15, -0.1) is 0 Å². The SMILES string of the molecule is CC.CC(C)(C)CC(c1cccc2ccccc12)C(C)(C)C. The van der Waals surface area contributed by atoms with Crippen LogP contribution in [0.5, 0.6) is 0 Å². The maximum atomic E-state index is 2.37. The topological polar surface area (TPSA) is 0 Å². The molecule has 1 unspecified atom stereocenters. The largest absolute Gasteiger partial charge is 0.0683 e. The van der Waals surface area contributed by atoms with Gasteiger partial charge >= 0.3 is 0 Å². The summed E-state index contributed by atoms with van der Waals surface area (Å²) >= 11 is 0. The minimum absolute atomic E-state index is 0.275. The average molecular weight is 299 g/mol. The summed E-state index contributed by atoms with van der Waals surface area (Å²) in [5, 5.41) is 2.77. The number of hydrogen-bond donors (Lipinski definition) is 0. The standard InChI is InChI=1S/C20H28.C2H6/c1-19(2,3)14-18(20(4,5)6)17-13-9-11-15-10-7-8-12-16(15)17;1-2/h7-13,18H,14H2,1-6H3;1-2H3. The molecule has 0 aliphatic rings. The smallest absolute Gasteiger partial charge is 0.0102 e. The molecule has 2 aromatic rings. The van der Waals surface area contributed by atoms with Crippen LogP contribution in [0, 0.1) is 10.8 Å². The van der Waals surface area contributed by atoms with Crippen molar-refractivity contribution in [3.05, 3.63) is 48.0 Å². The third kappa shape index (κ3) is 4.87. The fourth-order valence-electron chi connectivity index (χ4n) is 3.05. The zero-order valence-corrected chi connectivity index (χ0v) is 15.8. The van der Waals surface area contributed by atoms with Crippen molar-refractivity contribution in [2.45, 2.75) is 67.7 Å². The quantitative estimate of drug-likeness (QED) is 0.540. The van der Waals surface area contributed by atoms with Crippen molar-refractivity contribution < 1.29 is 0 Å². The highest BCUT2D eigenvalue weighted by atomic mass is 14.4. The zero-order valence-electron chi connectivity index (χ0n) is 15.8. The van der Waals surface area contributed by atoms with Gasteiger partial charge in [0.15, 0.2) is 0 Å². The molecular formula is C22H34. The van der Waals surface area contributed by atoms with Gasteiger partial charge in [-0.1, -0.05) is 97.9 Å². The maximum Gasteiger partial charge on any atom is -0.0102 e. The van der Waals surface area contributed by atoms with Crippen LogP contribution in [-0.4, -0.2) is 0 Å². The molecule has 0 saturated carbocycles. The van der Waals surface area contributed by atoms with Crippen LogP contribution in [0.3, 0.4) is 0 Å². The maximum absolute atomic E-state index is 2.37. The van der Waals surface area contributed by atoms with Gasteiger partial charge in [-0.2, -0.15) is 0 Å². The second kappa shape index (κ2) is 7.31. The molecule has 0 radical (unpaired) electrons. The monoisotopic (exact) mass is 298 g/mol. The van der Waals surface area contributed by atoms with Crippen LogP contribution in [0.4, 0.5) is 0 Å². The van der Waals surface area contributed by atoms with Crippen LogP contribution in [0.25, 0.3) is 10.8 Å². The van der Waals surface area contributed by atoms with Crippen LogP contribution in [0.2, 0.25) is 0 Å². The van der Waals surface area contributed by atoms with E-state index in [4.69, 9.17) is 0 Å².